The van der Waals surface area contributed by atoms with Gasteiger partial charge in [-0.15, -0.1) is 0 Å². The molecule has 21 heavy (non-hydrogen) atoms. The Hall–Kier alpha value is -1.16. The quantitative estimate of drug-likeness (QED) is 0.588. The van der Waals surface area contributed by atoms with E-state index in [4.69, 9.17) is 9.47 Å². The zero-order valence-electron chi connectivity index (χ0n) is 12.6. The lowest BCUT2D eigenvalue weighted by Gasteiger charge is -2.22. The highest BCUT2D eigenvalue weighted by Gasteiger charge is 2.12. The Morgan fingerprint density at radius 3 is 2.90 bits per heavy atom. The molecule has 2 rings (SSSR count). The lowest BCUT2D eigenvalue weighted by molar-refractivity contribution is -0.161. The van der Waals surface area contributed by atoms with Crippen molar-refractivity contribution in [2.45, 2.75) is 50.9 Å². The van der Waals surface area contributed by atoms with E-state index >= 15 is 0 Å². The number of aryl methyl sites for hydroxylation is 1. The summed E-state index contributed by atoms with van der Waals surface area (Å²) < 4.78 is 11.1. The molecule has 1 heterocycles. The average Bonchev–Trinajstić information content (AvgIpc) is 2.54. The molecule has 3 heteroatoms. The summed E-state index contributed by atoms with van der Waals surface area (Å²) in [5.41, 5.74) is 1.27. The van der Waals surface area contributed by atoms with Gasteiger partial charge in [-0.2, -0.15) is 0 Å². The normalized spacial score (nSPS) is 20.7. The highest BCUT2D eigenvalue weighted by molar-refractivity contribution is 5.14. The summed E-state index contributed by atoms with van der Waals surface area (Å²) in [5, 5.41) is 9.91. The van der Waals surface area contributed by atoms with Gasteiger partial charge in [0.05, 0.1) is 12.7 Å². The van der Waals surface area contributed by atoms with Crippen LogP contribution in [0.2, 0.25) is 0 Å². The van der Waals surface area contributed by atoms with E-state index in [0.717, 1.165) is 38.7 Å². The predicted octanol–water partition coefficient (Wildman–Crippen LogP) is 3.47. The van der Waals surface area contributed by atoms with E-state index in [2.05, 4.69) is 12.1 Å². The van der Waals surface area contributed by atoms with Crippen LogP contribution in [-0.2, 0) is 15.9 Å². The first-order valence-electron chi connectivity index (χ1n) is 7.96. The molecule has 0 spiro atoms. The molecule has 1 aromatic rings. The molecule has 1 N–H and O–H groups in total. The van der Waals surface area contributed by atoms with Gasteiger partial charge < -0.3 is 14.6 Å². The van der Waals surface area contributed by atoms with Gasteiger partial charge in [-0.3, -0.25) is 0 Å². The highest BCUT2D eigenvalue weighted by Crippen LogP contribution is 2.13. The van der Waals surface area contributed by atoms with Gasteiger partial charge in [0, 0.05) is 6.61 Å². The van der Waals surface area contributed by atoms with Crippen LogP contribution in [0.4, 0.5) is 0 Å². The SMILES string of the molecule is OC(/C=C/CCOC1CCCCO1)CCc1ccccc1. The first-order chi connectivity index (χ1) is 10.3. The fourth-order valence-corrected chi connectivity index (χ4v) is 2.42. The molecule has 1 aromatic carbocycles. The summed E-state index contributed by atoms with van der Waals surface area (Å²) in [7, 11) is 0. The molecule has 0 amide bonds. The van der Waals surface area contributed by atoms with Gasteiger partial charge in [0.25, 0.3) is 0 Å². The van der Waals surface area contributed by atoms with Crippen LogP contribution in [0.25, 0.3) is 0 Å². The zero-order valence-corrected chi connectivity index (χ0v) is 12.6. The van der Waals surface area contributed by atoms with Crippen LogP contribution in [0.15, 0.2) is 42.5 Å². The fourth-order valence-electron chi connectivity index (χ4n) is 2.42. The monoisotopic (exact) mass is 290 g/mol. The number of aliphatic hydroxyl groups excluding tert-OH is 1. The van der Waals surface area contributed by atoms with E-state index in [-0.39, 0.29) is 12.4 Å². The first kappa shape index (κ1) is 16.2. The zero-order chi connectivity index (χ0) is 14.8. The Balaban J connectivity index is 1.53. The maximum atomic E-state index is 9.91. The molecule has 0 aromatic heterocycles. The topological polar surface area (TPSA) is 38.7 Å². The number of hydrogen-bond acceptors (Lipinski definition) is 3. The molecule has 1 aliphatic rings. The minimum absolute atomic E-state index is 0.0184. The third-order valence-electron chi connectivity index (χ3n) is 3.66. The molecule has 1 saturated heterocycles. The molecule has 0 radical (unpaired) electrons. The molecule has 2 unspecified atom stereocenters. The van der Waals surface area contributed by atoms with Crippen molar-refractivity contribution in [3.8, 4) is 0 Å². The predicted molar refractivity (Wildman–Crippen MR) is 84.1 cm³/mol. The van der Waals surface area contributed by atoms with Crippen LogP contribution < -0.4 is 0 Å². The second-order valence-electron chi connectivity index (χ2n) is 5.48. The Labute approximate surface area is 127 Å². The Kier molecular flexibility index (Phi) is 7.50. The van der Waals surface area contributed by atoms with Gasteiger partial charge in [-0.25, -0.2) is 0 Å². The molecule has 0 bridgehead atoms. The summed E-state index contributed by atoms with van der Waals surface area (Å²) in [5.74, 6) is 0. The lowest BCUT2D eigenvalue weighted by Crippen LogP contribution is -2.22. The maximum absolute atomic E-state index is 9.91. The minimum Gasteiger partial charge on any atom is -0.389 e. The molecular weight excluding hydrogens is 264 g/mol. The van der Waals surface area contributed by atoms with Crippen molar-refractivity contribution < 1.29 is 14.6 Å². The maximum Gasteiger partial charge on any atom is 0.157 e. The standard InChI is InChI=1S/C18H26O3/c19-17(13-12-16-8-2-1-3-9-16)10-4-6-14-20-18-11-5-7-15-21-18/h1-4,8-10,17-19H,5-7,11-15H2/b10-4+. The molecule has 0 aliphatic carbocycles. The Morgan fingerprint density at radius 2 is 2.14 bits per heavy atom. The molecule has 1 fully saturated rings. The van der Waals surface area contributed by atoms with E-state index in [9.17, 15) is 5.11 Å². The molecule has 116 valence electrons. The van der Waals surface area contributed by atoms with Gasteiger partial charge in [-0.05, 0) is 44.1 Å². The van der Waals surface area contributed by atoms with Gasteiger partial charge in [0.1, 0.15) is 0 Å². The van der Waals surface area contributed by atoms with Crippen molar-refractivity contribution >= 4 is 0 Å². The van der Waals surface area contributed by atoms with E-state index in [0.29, 0.717) is 6.61 Å². The van der Waals surface area contributed by atoms with Crippen LogP contribution >= 0.6 is 0 Å². The van der Waals surface area contributed by atoms with Crippen LogP contribution in [0.1, 0.15) is 37.7 Å². The molecular formula is C18H26O3. The minimum atomic E-state index is -0.379. The van der Waals surface area contributed by atoms with E-state index < -0.39 is 0 Å². The summed E-state index contributed by atoms with van der Waals surface area (Å²) in [6, 6.07) is 10.3. The number of ether oxygens (including phenoxy) is 2. The Bertz CT molecular complexity index is 396. The van der Waals surface area contributed by atoms with Crippen molar-refractivity contribution in [3.05, 3.63) is 48.0 Å². The summed E-state index contributed by atoms with van der Waals surface area (Å²) in [4.78, 5) is 0. The van der Waals surface area contributed by atoms with E-state index in [1.165, 1.54) is 12.0 Å². The average molecular weight is 290 g/mol. The largest absolute Gasteiger partial charge is 0.389 e. The third-order valence-corrected chi connectivity index (χ3v) is 3.66. The van der Waals surface area contributed by atoms with Crippen molar-refractivity contribution in [1.82, 2.24) is 0 Å². The number of benzene rings is 1. The smallest absolute Gasteiger partial charge is 0.157 e. The highest BCUT2D eigenvalue weighted by atomic mass is 16.7. The lowest BCUT2D eigenvalue weighted by atomic mass is 10.1. The first-order valence-corrected chi connectivity index (χ1v) is 7.96. The molecule has 2 atom stereocenters. The van der Waals surface area contributed by atoms with Gasteiger partial charge in [-0.1, -0.05) is 42.5 Å². The van der Waals surface area contributed by atoms with Crippen molar-refractivity contribution in [3.63, 3.8) is 0 Å². The second-order valence-corrected chi connectivity index (χ2v) is 5.48. The third kappa shape index (κ3) is 6.89. The van der Waals surface area contributed by atoms with Crippen LogP contribution in [0.5, 0.6) is 0 Å². The summed E-state index contributed by atoms with van der Waals surface area (Å²) in [6.07, 6.45) is 9.29. The van der Waals surface area contributed by atoms with Crippen LogP contribution in [0, 0.1) is 0 Å². The Morgan fingerprint density at radius 1 is 1.29 bits per heavy atom. The molecule has 1 aliphatic heterocycles. The van der Waals surface area contributed by atoms with Crippen molar-refractivity contribution in [2.75, 3.05) is 13.2 Å². The number of hydrogen-bond donors (Lipinski definition) is 1. The van der Waals surface area contributed by atoms with E-state index in [1.54, 1.807) is 0 Å². The molecule has 3 nitrogen and oxygen atoms in total. The van der Waals surface area contributed by atoms with Gasteiger partial charge in [0.15, 0.2) is 6.29 Å². The fraction of sp³-hybridized carbons (Fsp3) is 0.556. The van der Waals surface area contributed by atoms with Crippen molar-refractivity contribution in [1.29, 1.82) is 0 Å². The van der Waals surface area contributed by atoms with Gasteiger partial charge in [0.2, 0.25) is 0 Å². The summed E-state index contributed by atoms with van der Waals surface area (Å²) >= 11 is 0. The summed E-state index contributed by atoms with van der Waals surface area (Å²) in [6.45, 7) is 1.48. The molecule has 0 saturated carbocycles. The van der Waals surface area contributed by atoms with Crippen molar-refractivity contribution in [2.24, 2.45) is 0 Å². The second kappa shape index (κ2) is 9.72. The number of rotatable bonds is 8. The number of aliphatic hydroxyl groups is 1. The van der Waals surface area contributed by atoms with Crippen LogP contribution in [0.3, 0.4) is 0 Å². The van der Waals surface area contributed by atoms with Gasteiger partial charge >= 0.3 is 0 Å². The van der Waals surface area contributed by atoms with Crippen LogP contribution in [-0.4, -0.2) is 30.7 Å². The van der Waals surface area contributed by atoms with E-state index in [1.807, 2.05) is 30.4 Å².